The zero-order valence-corrected chi connectivity index (χ0v) is 13.1. The Balaban J connectivity index is 2.16. The molecule has 2 unspecified atom stereocenters. The molecule has 2 atom stereocenters. The van der Waals surface area contributed by atoms with E-state index in [0.717, 1.165) is 25.6 Å². The Bertz CT molecular complexity index is 390. The Kier molecular flexibility index (Phi) is 5.62. The smallest absolute Gasteiger partial charge is 0.0337 e. The molecule has 2 N–H and O–H groups in total. The highest BCUT2D eigenvalue weighted by Crippen LogP contribution is 2.37. The maximum absolute atomic E-state index is 6.24. The molecule has 20 heavy (non-hydrogen) atoms. The van der Waals surface area contributed by atoms with E-state index in [0.29, 0.717) is 0 Å². The fraction of sp³-hybridized carbons (Fsp3) is 0.667. The Morgan fingerprint density at radius 3 is 2.65 bits per heavy atom. The fourth-order valence-corrected chi connectivity index (χ4v) is 3.79. The highest BCUT2D eigenvalue weighted by Gasteiger charge is 2.38. The summed E-state index contributed by atoms with van der Waals surface area (Å²) < 4.78 is 0. The first-order valence-corrected chi connectivity index (χ1v) is 8.19. The predicted octanol–water partition coefficient (Wildman–Crippen LogP) is 3.81. The van der Waals surface area contributed by atoms with Crippen LogP contribution in [0.15, 0.2) is 30.3 Å². The lowest BCUT2D eigenvalue weighted by Crippen LogP contribution is -2.56. The topological polar surface area (TPSA) is 29.3 Å². The van der Waals surface area contributed by atoms with Crippen LogP contribution in [0.1, 0.15) is 51.5 Å². The highest BCUT2D eigenvalue weighted by molar-refractivity contribution is 5.15. The first-order valence-electron chi connectivity index (χ1n) is 8.19. The van der Waals surface area contributed by atoms with Gasteiger partial charge in [0.05, 0.1) is 0 Å². The van der Waals surface area contributed by atoms with Crippen LogP contribution in [0.3, 0.4) is 0 Å². The molecule has 0 heterocycles. The zero-order chi connectivity index (χ0) is 14.4. The minimum absolute atomic E-state index is 0.226. The van der Waals surface area contributed by atoms with Crippen molar-refractivity contribution >= 4 is 0 Å². The summed E-state index contributed by atoms with van der Waals surface area (Å²) in [6.45, 7) is 7.65. The molecule has 112 valence electrons. The van der Waals surface area contributed by atoms with E-state index in [1.807, 2.05) is 0 Å². The molecule has 0 aromatic heterocycles. The Morgan fingerprint density at radius 2 is 2.05 bits per heavy atom. The Hall–Kier alpha value is -0.860. The lowest BCUT2D eigenvalue weighted by atomic mass is 9.75. The van der Waals surface area contributed by atoms with Gasteiger partial charge in [-0.05, 0) is 37.3 Å². The van der Waals surface area contributed by atoms with Crippen LogP contribution in [-0.2, 0) is 6.54 Å². The molecule has 1 fully saturated rings. The van der Waals surface area contributed by atoms with Crippen molar-refractivity contribution in [3.8, 4) is 0 Å². The highest BCUT2D eigenvalue weighted by atomic mass is 15.2. The summed E-state index contributed by atoms with van der Waals surface area (Å²) in [6.07, 6.45) is 6.42. The van der Waals surface area contributed by atoms with Gasteiger partial charge < -0.3 is 5.73 Å². The van der Waals surface area contributed by atoms with Crippen LogP contribution in [0, 0.1) is 5.92 Å². The van der Waals surface area contributed by atoms with Gasteiger partial charge >= 0.3 is 0 Å². The van der Waals surface area contributed by atoms with Crippen LogP contribution in [-0.4, -0.2) is 23.5 Å². The van der Waals surface area contributed by atoms with Crippen LogP contribution in [0.5, 0.6) is 0 Å². The number of nitrogens with zero attached hydrogens (tertiary/aromatic N) is 1. The van der Waals surface area contributed by atoms with Crippen molar-refractivity contribution in [1.29, 1.82) is 0 Å². The number of hydrogen-bond donors (Lipinski definition) is 1. The van der Waals surface area contributed by atoms with E-state index in [4.69, 9.17) is 5.73 Å². The lowest BCUT2D eigenvalue weighted by molar-refractivity contribution is 0.0322. The molecule has 0 aliphatic heterocycles. The van der Waals surface area contributed by atoms with E-state index in [-0.39, 0.29) is 5.54 Å². The van der Waals surface area contributed by atoms with Crippen LogP contribution in [0.4, 0.5) is 0 Å². The van der Waals surface area contributed by atoms with E-state index >= 15 is 0 Å². The van der Waals surface area contributed by atoms with Gasteiger partial charge in [0.15, 0.2) is 0 Å². The molecule has 1 aliphatic carbocycles. The van der Waals surface area contributed by atoms with Gasteiger partial charge in [0.2, 0.25) is 0 Å². The normalized spacial score (nSPS) is 26.9. The standard InChI is InChI=1S/C18H30N2/c1-3-12-20(14-17-9-5-4-6-10-17)18(15-19)11-7-8-16(2)13-18/h4-6,9-10,16H,3,7-8,11-15,19H2,1-2H3. The van der Waals surface area contributed by atoms with E-state index in [9.17, 15) is 0 Å². The molecule has 0 bridgehead atoms. The van der Waals surface area contributed by atoms with Gasteiger partial charge in [-0.3, -0.25) is 4.90 Å². The van der Waals surface area contributed by atoms with Gasteiger partial charge in [0.25, 0.3) is 0 Å². The minimum Gasteiger partial charge on any atom is -0.329 e. The molecular formula is C18H30N2. The van der Waals surface area contributed by atoms with Crippen LogP contribution in [0.2, 0.25) is 0 Å². The molecule has 1 aromatic rings. The maximum Gasteiger partial charge on any atom is 0.0337 e. The Morgan fingerprint density at radius 1 is 1.30 bits per heavy atom. The summed E-state index contributed by atoms with van der Waals surface area (Å²) in [7, 11) is 0. The van der Waals surface area contributed by atoms with Gasteiger partial charge in [-0.1, -0.05) is 57.0 Å². The molecule has 0 amide bonds. The van der Waals surface area contributed by atoms with E-state index < -0.39 is 0 Å². The van der Waals surface area contributed by atoms with Crippen molar-refractivity contribution in [3.63, 3.8) is 0 Å². The zero-order valence-electron chi connectivity index (χ0n) is 13.1. The SMILES string of the molecule is CCCN(Cc1ccccc1)C1(CN)CCCC(C)C1. The predicted molar refractivity (Wildman–Crippen MR) is 86.6 cm³/mol. The van der Waals surface area contributed by atoms with Gasteiger partial charge in [0, 0.05) is 18.6 Å². The summed E-state index contributed by atoms with van der Waals surface area (Å²) >= 11 is 0. The largest absolute Gasteiger partial charge is 0.329 e. The summed E-state index contributed by atoms with van der Waals surface area (Å²) in [5, 5.41) is 0. The molecule has 2 rings (SSSR count). The third-order valence-corrected chi connectivity index (χ3v) is 4.83. The van der Waals surface area contributed by atoms with Gasteiger partial charge in [0.1, 0.15) is 0 Å². The molecule has 1 aromatic carbocycles. The van der Waals surface area contributed by atoms with Crippen molar-refractivity contribution in [2.75, 3.05) is 13.1 Å². The van der Waals surface area contributed by atoms with Crippen LogP contribution in [0.25, 0.3) is 0 Å². The summed E-state index contributed by atoms with van der Waals surface area (Å²) in [5.74, 6) is 0.808. The number of hydrogen-bond acceptors (Lipinski definition) is 2. The summed E-state index contributed by atoms with van der Waals surface area (Å²) in [6, 6.07) is 10.8. The lowest BCUT2D eigenvalue weighted by Gasteiger charge is -2.48. The Labute approximate surface area is 124 Å². The van der Waals surface area contributed by atoms with Gasteiger partial charge in [-0.25, -0.2) is 0 Å². The molecule has 1 aliphatic rings. The van der Waals surface area contributed by atoms with E-state index in [1.54, 1.807) is 0 Å². The second kappa shape index (κ2) is 7.24. The quantitative estimate of drug-likeness (QED) is 0.855. The molecule has 0 saturated heterocycles. The van der Waals surface area contributed by atoms with Crippen molar-refractivity contribution in [2.24, 2.45) is 11.7 Å². The van der Waals surface area contributed by atoms with Crippen molar-refractivity contribution in [1.82, 2.24) is 4.90 Å². The van der Waals surface area contributed by atoms with Gasteiger partial charge in [-0.2, -0.15) is 0 Å². The minimum atomic E-state index is 0.226. The van der Waals surface area contributed by atoms with E-state index in [2.05, 4.69) is 49.1 Å². The van der Waals surface area contributed by atoms with Crippen LogP contribution >= 0.6 is 0 Å². The first kappa shape index (κ1) is 15.5. The first-order chi connectivity index (χ1) is 9.70. The average Bonchev–Trinajstić information content (AvgIpc) is 2.48. The summed E-state index contributed by atoms with van der Waals surface area (Å²) in [5.41, 5.74) is 7.88. The third-order valence-electron chi connectivity index (χ3n) is 4.83. The molecule has 2 nitrogen and oxygen atoms in total. The van der Waals surface area contributed by atoms with Crippen molar-refractivity contribution < 1.29 is 0 Å². The second-order valence-electron chi connectivity index (χ2n) is 6.54. The second-order valence-corrected chi connectivity index (χ2v) is 6.54. The van der Waals surface area contributed by atoms with Crippen molar-refractivity contribution in [3.05, 3.63) is 35.9 Å². The average molecular weight is 274 g/mol. The third kappa shape index (κ3) is 3.62. The summed E-state index contributed by atoms with van der Waals surface area (Å²) in [4.78, 5) is 2.66. The maximum atomic E-state index is 6.24. The number of nitrogens with two attached hydrogens (primary N) is 1. The molecule has 2 heteroatoms. The molecule has 1 saturated carbocycles. The van der Waals surface area contributed by atoms with Crippen molar-refractivity contribution in [2.45, 2.75) is 58.0 Å². The monoisotopic (exact) mass is 274 g/mol. The number of rotatable bonds is 6. The molecule has 0 spiro atoms. The number of benzene rings is 1. The fourth-order valence-electron chi connectivity index (χ4n) is 3.79. The molecule has 0 radical (unpaired) electrons. The molecular weight excluding hydrogens is 244 g/mol. The van der Waals surface area contributed by atoms with Crippen LogP contribution < -0.4 is 5.73 Å². The van der Waals surface area contributed by atoms with Gasteiger partial charge in [-0.15, -0.1) is 0 Å². The van der Waals surface area contributed by atoms with E-state index in [1.165, 1.54) is 37.7 Å².